The molecule has 118 valence electrons. The molecular weight excluding hydrogens is 274 g/mol. The smallest absolute Gasteiger partial charge is 0.123 e. The first-order valence-electron chi connectivity index (χ1n) is 7.85. The zero-order chi connectivity index (χ0) is 15.8. The van der Waals surface area contributed by atoms with Gasteiger partial charge in [-0.3, -0.25) is 0 Å². The SMILES string of the molecule is CCc1cc(CCCOc2ccccc2CN)ccc1OC. The van der Waals surface area contributed by atoms with Crippen molar-refractivity contribution in [3.05, 3.63) is 59.2 Å². The van der Waals surface area contributed by atoms with Crippen LogP contribution in [0.1, 0.15) is 30.0 Å². The number of hydrogen-bond acceptors (Lipinski definition) is 3. The Kier molecular flexibility index (Phi) is 6.28. The average molecular weight is 299 g/mol. The highest BCUT2D eigenvalue weighted by molar-refractivity contribution is 5.37. The highest BCUT2D eigenvalue weighted by Gasteiger charge is 2.04. The Hall–Kier alpha value is -2.00. The molecular formula is C19H25NO2. The van der Waals surface area contributed by atoms with Crippen LogP contribution in [-0.4, -0.2) is 13.7 Å². The summed E-state index contributed by atoms with van der Waals surface area (Å²) >= 11 is 0. The number of nitrogens with two attached hydrogens (primary N) is 1. The van der Waals surface area contributed by atoms with Gasteiger partial charge in [0.15, 0.2) is 0 Å². The first-order chi connectivity index (χ1) is 10.8. The third kappa shape index (κ3) is 4.25. The number of benzene rings is 2. The molecule has 0 saturated carbocycles. The Balaban J connectivity index is 1.86. The van der Waals surface area contributed by atoms with Gasteiger partial charge in [0.2, 0.25) is 0 Å². The minimum atomic E-state index is 0.508. The molecule has 2 N–H and O–H groups in total. The molecule has 0 fully saturated rings. The molecule has 0 heterocycles. The normalized spacial score (nSPS) is 10.5. The van der Waals surface area contributed by atoms with E-state index in [2.05, 4.69) is 25.1 Å². The highest BCUT2D eigenvalue weighted by atomic mass is 16.5. The van der Waals surface area contributed by atoms with Crippen molar-refractivity contribution in [2.75, 3.05) is 13.7 Å². The Morgan fingerprint density at radius 2 is 1.82 bits per heavy atom. The largest absolute Gasteiger partial charge is 0.496 e. The van der Waals surface area contributed by atoms with E-state index in [1.54, 1.807) is 7.11 Å². The van der Waals surface area contributed by atoms with Gasteiger partial charge in [0.05, 0.1) is 13.7 Å². The predicted molar refractivity (Wildman–Crippen MR) is 90.5 cm³/mol. The summed E-state index contributed by atoms with van der Waals surface area (Å²) in [7, 11) is 1.72. The second-order valence-electron chi connectivity index (χ2n) is 5.26. The van der Waals surface area contributed by atoms with E-state index in [1.165, 1.54) is 11.1 Å². The number of ether oxygens (including phenoxy) is 2. The molecule has 3 heteroatoms. The molecule has 2 rings (SSSR count). The van der Waals surface area contributed by atoms with E-state index in [4.69, 9.17) is 15.2 Å². The van der Waals surface area contributed by atoms with E-state index in [-0.39, 0.29) is 0 Å². The topological polar surface area (TPSA) is 44.5 Å². The summed E-state index contributed by atoms with van der Waals surface area (Å²) < 4.78 is 11.2. The van der Waals surface area contributed by atoms with Gasteiger partial charge < -0.3 is 15.2 Å². The van der Waals surface area contributed by atoms with Gasteiger partial charge in [0.1, 0.15) is 11.5 Å². The predicted octanol–water partition coefficient (Wildman–Crippen LogP) is 3.73. The number of para-hydroxylation sites is 1. The fraction of sp³-hybridized carbons (Fsp3) is 0.368. The molecule has 0 aliphatic rings. The van der Waals surface area contributed by atoms with Gasteiger partial charge >= 0.3 is 0 Å². The molecule has 0 unspecified atom stereocenters. The van der Waals surface area contributed by atoms with Gasteiger partial charge in [-0.15, -0.1) is 0 Å². The molecule has 2 aromatic rings. The lowest BCUT2D eigenvalue weighted by Gasteiger charge is -2.11. The summed E-state index contributed by atoms with van der Waals surface area (Å²) in [4.78, 5) is 0. The standard InChI is InChI=1S/C19H25NO2/c1-3-16-13-15(10-11-18(16)21-2)7-6-12-22-19-9-5-4-8-17(19)14-20/h4-5,8-11,13H,3,6-7,12,14,20H2,1-2H3. The molecule has 0 atom stereocenters. The van der Waals surface area contributed by atoms with E-state index >= 15 is 0 Å². The first kappa shape index (κ1) is 16.4. The molecule has 0 aromatic heterocycles. The van der Waals surface area contributed by atoms with Crippen LogP contribution >= 0.6 is 0 Å². The number of aryl methyl sites for hydroxylation is 2. The van der Waals surface area contributed by atoms with E-state index < -0.39 is 0 Å². The lowest BCUT2D eigenvalue weighted by molar-refractivity contribution is 0.308. The lowest BCUT2D eigenvalue weighted by atomic mass is 10.0. The van der Waals surface area contributed by atoms with Crippen molar-refractivity contribution < 1.29 is 9.47 Å². The fourth-order valence-electron chi connectivity index (χ4n) is 2.54. The van der Waals surface area contributed by atoms with E-state index in [0.717, 1.165) is 36.3 Å². The minimum absolute atomic E-state index is 0.508. The summed E-state index contributed by atoms with van der Waals surface area (Å²) in [6, 6.07) is 14.4. The molecule has 0 aliphatic heterocycles. The molecule has 0 amide bonds. The van der Waals surface area contributed by atoms with Gasteiger partial charge in [-0.25, -0.2) is 0 Å². The molecule has 2 aromatic carbocycles. The third-order valence-electron chi connectivity index (χ3n) is 3.79. The van der Waals surface area contributed by atoms with E-state index in [9.17, 15) is 0 Å². The van der Waals surface area contributed by atoms with Crippen molar-refractivity contribution in [3.63, 3.8) is 0 Å². The Morgan fingerprint density at radius 1 is 1.00 bits per heavy atom. The number of rotatable bonds is 8. The monoisotopic (exact) mass is 299 g/mol. The summed E-state index contributed by atoms with van der Waals surface area (Å²) in [5.41, 5.74) is 9.35. The highest BCUT2D eigenvalue weighted by Crippen LogP contribution is 2.21. The van der Waals surface area contributed by atoms with Crippen LogP contribution in [0.25, 0.3) is 0 Å². The van der Waals surface area contributed by atoms with Gasteiger partial charge in [-0.1, -0.05) is 37.3 Å². The van der Waals surface area contributed by atoms with Crippen molar-refractivity contribution in [1.82, 2.24) is 0 Å². The maximum atomic E-state index is 5.85. The van der Waals surface area contributed by atoms with Crippen molar-refractivity contribution in [1.29, 1.82) is 0 Å². The number of methoxy groups -OCH3 is 1. The Bertz CT molecular complexity index is 596. The second-order valence-corrected chi connectivity index (χ2v) is 5.26. The fourth-order valence-corrected chi connectivity index (χ4v) is 2.54. The van der Waals surface area contributed by atoms with Gasteiger partial charge in [-0.05, 0) is 42.5 Å². The summed E-state index contributed by atoms with van der Waals surface area (Å²) in [5, 5.41) is 0. The maximum absolute atomic E-state index is 5.85. The van der Waals surface area contributed by atoms with Gasteiger partial charge in [0.25, 0.3) is 0 Å². The molecule has 0 spiro atoms. The maximum Gasteiger partial charge on any atom is 0.123 e. The zero-order valence-electron chi connectivity index (χ0n) is 13.5. The number of hydrogen-bond donors (Lipinski definition) is 1. The van der Waals surface area contributed by atoms with Crippen LogP contribution in [0.4, 0.5) is 0 Å². The lowest BCUT2D eigenvalue weighted by Crippen LogP contribution is -2.04. The van der Waals surface area contributed by atoms with Crippen molar-refractivity contribution in [2.45, 2.75) is 32.7 Å². The summed E-state index contributed by atoms with van der Waals surface area (Å²) in [5.74, 6) is 1.87. The molecule has 0 saturated heterocycles. The van der Waals surface area contributed by atoms with Crippen molar-refractivity contribution >= 4 is 0 Å². The van der Waals surface area contributed by atoms with Crippen LogP contribution in [-0.2, 0) is 19.4 Å². The average Bonchev–Trinajstić information content (AvgIpc) is 2.58. The minimum Gasteiger partial charge on any atom is -0.496 e. The van der Waals surface area contributed by atoms with Gasteiger partial charge in [0, 0.05) is 12.1 Å². The van der Waals surface area contributed by atoms with Gasteiger partial charge in [-0.2, -0.15) is 0 Å². The molecule has 22 heavy (non-hydrogen) atoms. The van der Waals surface area contributed by atoms with E-state index in [1.807, 2.05) is 24.3 Å². The quantitative estimate of drug-likeness (QED) is 0.755. The second kappa shape index (κ2) is 8.44. The van der Waals surface area contributed by atoms with Crippen LogP contribution in [0.15, 0.2) is 42.5 Å². The zero-order valence-corrected chi connectivity index (χ0v) is 13.5. The molecule has 0 radical (unpaired) electrons. The molecule has 3 nitrogen and oxygen atoms in total. The Labute approximate surface area is 133 Å². The van der Waals surface area contributed by atoms with Crippen LogP contribution < -0.4 is 15.2 Å². The van der Waals surface area contributed by atoms with E-state index in [0.29, 0.717) is 13.2 Å². The summed E-state index contributed by atoms with van der Waals surface area (Å²) in [6.45, 7) is 3.35. The van der Waals surface area contributed by atoms with Crippen LogP contribution in [0.2, 0.25) is 0 Å². The molecule has 0 aliphatic carbocycles. The van der Waals surface area contributed by atoms with Crippen molar-refractivity contribution in [3.8, 4) is 11.5 Å². The molecule has 0 bridgehead atoms. The van der Waals surface area contributed by atoms with Crippen LogP contribution in [0.3, 0.4) is 0 Å². The third-order valence-corrected chi connectivity index (χ3v) is 3.79. The Morgan fingerprint density at radius 3 is 2.55 bits per heavy atom. The summed E-state index contributed by atoms with van der Waals surface area (Å²) in [6.07, 6.45) is 2.97. The first-order valence-corrected chi connectivity index (χ1v) is 7.85. The van der Waals surface area contributed by atoms with Crippen molar-refractivity contribution in [2.24, 2.45) is 5.73 Å². The van der Waals surface area contributed by atoms with Crippen LogP contribution in [0.5, 0.6) is 11.5 Å². The van der Waals surface area contributed by atoms with Crippen LogP contribution in [0, 0.1) is 0 Å².